The summed E-state index contributed by atoms with van der Waals surface area (Å²) in [6.45, 7) is 43.3. The Hall–Kier alpha value is 2.68. The third kappa shape index (κ3) is 51.4. The molecule has 0 bridgehead atoms. The Labute approximate surface area is 222 Å². The van der Waals surface area contributed by atoms with Crippen LogP contribution in [0.2, 0.25) is 118 Å². The van der Waals surface area contributed by atoms with Crippen molar-refractivity contribution >= 4 is 48.4 Å². The smallest absolute Gasteiger partial charge is 0.327 e. The fourth-order valence-electron chi connectivity index (χ4n) is 3.90. The molecule has 0 atom stereocenters. The maximum absolute atomic E-state index is 2.65. The summed E-state index contributed by atoms with van der Waals surface area (Å²) in [6.07, 6.45) is 0. The molecule has 0 aromatic heterocycles. The van der Waals surface area contributed by atoms with Crippen LogP contribution in [-0.4, -0.2) is 48.4 Å². The van der Waals surface area contributed by atoms with Gasteiger partial charge in [0.2, 0.25) is 0 Å². The van der Waals surface area contributed by atoms with Gasteiger partial charge in [0.05, 0.1) is 0 Å². The second kappa shape index (κ2) is 14.1. The van der Waals surface area contributed by atoms with Crippen molar-refractivity contribution in [3.63, 3.8) is 0 Å². The Kier molecular flexibility index (Phi) is 19.1. The molecule has 0 aliphatic heterocycles. The minimum atomic E-state index is -0.856. The Morgan fingerprint density at radius 1 is 0.250 bits per heavy atom. The van der Waals surface area contributed by atoms with Crippen LogP contribution in [0.3, 0.4) is 0 Å². The minimum Gasteiger partial charge on any atom is -0.327 e. The van der Waals surface area contributed by atoms with E-state index in [2.05, 4.69) is 135 Å². The van der Waals surface area contributed by atoms with Crippen molar-refractivity contribution in [3.05, 3.63) is 17.0 Å². The fraction of sp³-hybridized carbons (Fsp3) is 0.857. The fourth-order valence-corrected chi connectivity index (χ4v) is 35.1. The molecule has 0 aliphatic carbocycles. The third-order valence-electron chi connectivity index (χ3n) is 2.60. The molecule has 0 saturated heterocycles. The summed E-state index contributed by atoms with van der Waals surface area (Å²) >= 11 is 0. The van der Waals surface area contributed by atoms with Gasteiger partial charge in [0.25, 0.3) is 0 Å². The van der Waals surface area contributed by atoms with Crippen LogP contribution in [0.5, 0.6) is 0 Å². The maximum Gasteiger partial charge on any atom is 3.00 e. The number of rotatable bonds is 6. The predicted molar refractivity (Wildman–Crippen MR) is 153 cm³/mol. The molecule has 0 aliphatic rings. The Bertz CT molecular complexity index is 284. The van der Waals surface area contributed by atoms with Crippen molar-refractivity contribution in [2.24, 2.45) is 0 Å². The van der Waals surface area contributed by atoms with Crippen molar-refractivity contribution in [3.8, 4) is 0 Å². The molecule has 0 aromatic carbocycles. The van der Waals surface area contributed by atoms with Crippen LogP contribution >= 0.6 is 0 Å². The van der Waals surface area contributed by atoms with E-state index in [1.54, 1.807) is 0 Å². The maximum atomic E-state index is 2.65. The predicted octanol–water partition coefficient (Wildman–Crippen LogP) is 8.84. The van der Waals surface area contributed by atoms with E-state index < -0.39 is 48.4 Å². The molecule has 0 fully saturated rings. The van der Waals surface area contributed by atoms with Gasteiger partial charge in [0.15, 0.2) is 0 Å². The summed E-state index contributed by atoms with van der Waals surface area (Å²) in [4.78, 5) is 0. The van der Waals surface area contributed by atoms with E-state index in [-0.39, 0.29) is 41.7 Å². The summed E-state index contributed by atoms with van der Waals surface area (Å²) in [5, 5.41) is 0. The first-order valence-corrected chi connectivity index (χ1v) is 32.2. The van der Waals surface area contributed by atoms with Crippen molar-refractivity contribution < 1.29 is 41.7 Å². The van der Waals surface area contributed by atoms with Crippen LogP contribution in [0.25, 0.3) is 0 Å². The number of hydrogen-bond donors (Lipinski definition) is 0. The van der Waals surface area contributed by atoms with E-state index in [1.807, 2.05) is 0 Å². The van der Waals surface area contributed by atoms with Crippen molar-refractivity contribution in [1.82, 2.24) is 0 Å². The minimum absolute atomic E-state index is 0. The SMILES string of the molecule is C[Si](C)(C)[CH-][Si](C)(C)C.C[Si](C)(C)[CH-][Si](C)(C)C.C[Si](C)(C)[CH-][Si](C)(C)C.[Ce+3]. The zero-order valence-corrected chi connectivity index (χ0v) is 32.4. The van der Waals surface area contributed by atoms with Crippen molar-refractivity contribution in [2.75, 3.05) is 0 Å². The quantitative estimate of drug-likeness (QED) is 0.206. The van der Waals surface area contributed by atoms with E-state index in [1.165, 1.54) is 0 Å². The second-order valence-corrected chi connectivity index (χ2v) is 46.5. The van der Waals surface area contributed by atoms with E-state index in [9.17, 15) is 0 Å². The first-order valence-electron chi connectivity index (χ1n) is 10.7. The van der Waals surface area contributed by atoms with Gasteiger partial charge >= 0.3 is 41.7 Å². The largest absolute Gasteiger partial charge is 3.00 e. The van der Waals surface area contributed by atoms with Crippen LogP contribution in [0, 0.1) is 58.7 Å². The van der Waals surface area contributed by atoms with Crippen LogP contribution < -0.4 is 0 Å². The van der Waals surface area contributed by atoms with Gasteiger partial charge in [-0.1, -0.05) is 118 Å². The van der Waals surface area contributed by atoms with Crippen LogP contribution in [0.4, 0.5) is 0 Å². The van der Waals surface area contributed by atoms with E-state index >= 15 is 0 Å². The van der Waals surface area contributed by atoms with Gasteiger partial charge in [0.1, 0.15) is 0 Å². The molecule has 0 rings (SSSR count). The molecule has 0 N–H and O–H groups in total. The van der Waals surface area contributed by atoms with Gasteiger partial charge in [-0.15, -0.1) is 48.4 Å². The Morgan fingerprint density at radius 2 is 0.321 bits per heavy atom. The van der Waals surface area contributed by atoms with E-state index in [4.69, 9.17) is 0 Å². The zero-order chi connectivity index (χ0) is 23.1. The van der Waals surface area contributed by atoms with E-state index in [0.29, 0.717) is 0 Å². The molecule has 0 unspecified atom stereocenters. The van der Waals surface area contributed by atoms with Crippen molar-refractivity contribution in [1.29, 1.82) is 0 Å². The normalized spacial score (nSPS) is 13.5. The summed E-state index contributed by atoms with van der Waals surface area (Å²) in [6, 6.07) is 0. The molecule has 28 heavy (non-hydrogen) atoms. The standard InChI is InChI=1S/3C7H19Si2.Ce/c3*1-8(2,3)7-9(4,5)6;/h3*7H,1-6H3;/q3*-1;+3. The van der Waals surface area contributed by atoms with Gasteiger partial charge < -0.3 is 17.0 Å². The van der Waals surface area contributed by atoms with Gasteiger partial charge in [-0.3, -0.25) is 0 Å². The first-order chi connectivity index (χ1) is 11.1. The summed E-state index contributed by atoms with van der Waals surface area (Å²) in [7, 11) is -5.14. The van der Waals surface area contributed by atoms with Crippen LogP contribution in [-0.2, 0) is 0 Å². The molecular weight excluding hydrogens is 561 g/mol. The van der Waals surface area contributed by atoms with Gasteiger partial charge in [-0.2, -0.15) is 0 Å². The monoisotopic (exact) mass is 617 g/mol. The van der Waals surface area contributed by atoms with Crippen molar-refractivity contribution in [2.45, 2.75) is 118 Å². The molecule has 169 valence electrons. The average Bonchev–Trinajstić information content (AvgIpc) is 1.96. The summed E-state index contributed by atoms with van der Waals surface area (Å²) in [5.74, 6) is 0. The summed E-state index contributed by atoms with van der Waals surface area (Å²) < 4.78 is 0. The molecular formula is C21H57CeSi6. The molecule has 0 nitrogen and oxygen atoms in total. The molecule has 7 heteroatoms. The average molecular weight is 618 g/mol. The molecule has 0 saturated carbocycles. The topological polar surface area (TPSA) is 0 Å². The molecule has 0 amide bonds. The van der Waals surface area contributed by atoms with E-state index in [0.717, 1.165) is 0 Å². The molecule has 1 radical (unpaired) electrons. The number of hydrogen-bond acceptors (Lipinski definition) is 0. The molecule has 0 heterocycles. The molecule has 0 aromatic rings. The molecule has 0 spiro atoms. The van der Waals surface area contributed by atoms with Gasteiger partial charge in [0, 0.05) is 0 Å². The zero-order valence-electron chi connectivity index (χ0n) is 23.2. The van der Waals surface area contributed by atoms with Crippen LogP contribution in [0.15, 0.2) is 0 Å². The van der Waals surface area contributed by atoms with Gasteiger partial charge in [-0.25, -0.2) is 0 Å². The second-order valence-electron chi connectivity index (χ2n) is 14.6. The Balaban J connectivity index is -0.000000152. The summed E-state index contributed by atoms with van der Waals surface area (Å²) in [5.41, 5.74) is 7.96. The third-order valence-corrected chi connectivity index (χ3v) is 23.4. The Morgan fingerprint density at radius 3 is 0.321 bits per heavy atom. The van der Waals surface area contributed by atoms with Crippen LogP contribution in [0.1, 0.15) is 0 Å². The first kappa shape index (κ1) is 38.0. The van der Waals surface area contributed by atoms with Gasteiger partial charge in [-0.05, 0) is 0 Å².